The highest BCUT2D eigenvalue weighted by Crippen LogP contribution is 2.21. The smallest absolute Gasteiger partial charge is 0.154 e. The molecule has 0 atom stereocenters. The van der Waals surface area contributed by atoms with Crippen molar-refractivity contribution >= 4 is 11.3 Å². The molecule has 0 fully saturated rings. The van der Waals surface area contributed by atoms with E-state index >= 15 is 0 Å². The van der Waals surface area contributed by atoms with Gasteiger partial charge < -0.3 is 5.11 Å². The molecule has 0 saturated carbocycles. The molecule has 66 valence electrons. The SMILES string of the molecule is OCc1nccc(-c2cccs2)n1. The van der Waals surface area contributed by atoms with Gasteiger partial charge in [0.05, 0.1) is 10.6 Å². The molecule has 4 heteroatoms. The zero-order valence-corrected chi connectivity index (χ0v) is 7.66. The van der Waals surface area contributed by atoms with E-state index in [1.807, 2.05) is 23.6 Å². The number of hydrogen-bond acceptors (Lipinski definition) is 4. The summed E-state index contributed by atoms with van der Waals surface area (Å²) in [7, 11) is 0. The Kier molecular flexibility index (Phi) is 2.33. The average molecular weight is 192 g/mol. The molecule has 2 heterocycles. The van der Waals surface area contributed by atoms with E-state index in [0.29, 0.717) is 5.82 Å². The Bertz CT molecular complexity index is 386. The Morgan fingerprint density at radius 3 is 3.00 bits per heavy atom. The molecule has 0 saturated heterocycles. The van der Waals surface area contributed by atoms with Gasteiger partial charge in [-0.3, -0.25) is 0 Å². The van der Waals surface area contributed by atoms with E-state index in [9.17, 15) is 0 Å². The van der Waals surface area contributed by atoms with E-state index in [1.54, 1.807) is 17.5 Å². The molecule has 0 aliphatic carbocycles. The third kappa shape index (κ3) is 1.74. The summed E-state index contributed by atoms with van der Waals surface area (Å²) in [4.78, 5) is 9.19. The normalized spacial score (nSPS) is 10.2. The lowest BCUT2D eigenvalue weighted by Crippen LogP contribution is -1.94. The van der Waals surface area contributed by atoms with Crippen LogP contribution >= 0.6 is 11.3 Å². The van der Waals surface area contributed by atoms with E-state index in [2.05, 4.69) is 9.97 Å². The van der Waals surface area contributed by atoms with Crippen molar-refractivity contribution in [3.63, 3.8) is 0 Å². The lowest BCUT2D eigenvalue weighted by Gasteiger charge is -1.97. The summed E-state index contributed by atoms with van der Waals surface area (Å²) < 4.78 is 0. The van der Waals surface area contributed by atoms with Crippen molar-refractivity contribution in [1.29, 1.82) is 0 Å². The Balaban J connectivity index is 2.41. The first-order valence-electron chi connectivity index (χ1n) is 3.87. The first-order chi connectivity index (χ1) is 6.40. The molecule has 0 aliphatic heterocycles. The minimum absolute atomic E-state index is 0.112. The maximum absolute atomic E-state index is 8.84. The van der Waals surface area contributed by atoms with E-state index in [-0.39, 0.29) is 6.61 Å². The first kappa shape index (κ1) is 8.34. The number of hydrogen-bond donors (Lipinski definition) is 1. The maximum atomic E-state index is 8.84. The summed E-state index contributed by atoms with van der Waals surface area (Å²) in [6.07, 6.45) is 1.66. The zero-order chi connectivity index (χ0) is 9.10. The fraction of sp³-hybridized carbons (Fsp3) is 0.111. The molecule has 2 aromatic rings. The highest BCUT2D eigenvalue weighted by molar-refractivity contribution is 7.13. The van der Waals surface area contributed by atoms with Crippen LogP contribution in [0.15, 0.2) is 29.8 Å². The predicted molar refractivity (Wildman–Crippen MR) is 51.3 cm³/mol. The molecular weight excluding hydrogens is 184 g/mol. The molecule has 13 heavy (non-hydrogen) atoms. The lowest BCUT2D eigenvalue weighted by molar-refractivity contribution is 0.271. The molecule has 1 N–H and O–H groups in total. The van der Waals surface area contributed by atoms with Crippen LogP contribution in [-0.2, 0) is 6.61 Å². The summed E-state index contributed by atoms with van der Waals surface area (Å²) in [6, 6.07) is 5.81. The minimum atomic E-state index is -0.112. The van der Waals surface area contributed by atoms with Gasteiger partial charge in [0.25, 0.3) is 0 Å². The number of aromatic nitrogens is 2. The predicted octanol–water partition coefficient (Wildman–Crippen LogP) is 1.70. The zero-order valence-electron chi connectivity index (χ0n) is 6.84. The maximum Gasteiger partial charge on any atom is 0.154 e. The largest absolute Gasteiger partial charge is 0.388 e. The quantitative estimate of drug-likeness (QED) is 0.787. The molecule has 0 unspecified atom stereocenters. The van der Waals surface area contributed by atoms with Gasteiger partial charge in [0.15, 0.2) is 5.82 Å². The molecule has 0 radical (unpaired) electrons. The molecular formula is C9H8N2OS. The van der Waals surface area contributed by atoms with Gasteiger partial charge in [-0.25, -0.2) is 9.97 Å². The third-order valence-electron chi connectivity index (χ3n) is 1.62. The second kappa shape index (κ2) is 3.64. The topological polar surface area (TPSA) is 46.0 Å². The number of thiophene rings is 1. The van der Waals surface area contributed by atoms with Gasteiger partial charge in [-0.1, -0.05) is 6.07 Å². The van der Waals surface area contributed by atoms with Crippen LogP contribution < -0.4 is 0 Å². The summed E-state index contributed by atoms with van der Waals surface area (Å²) in [5, 5.41) is 10.8. The second-order valence-corrected chi connectivity index (χ2v) is 3.44. The highest BCUT2D eigenvalue weighted by atomic mass is 32.1. The Hall–Kier alpha value is -1.26. The molecule has 2 rings (SSSR count). The van der Waals surface area contributed by atoms with Crippen LogP contribution in [0, 0.1) is 0 Å². The second-order valence-electron chi connectivity index (χ2n) is 2.49. The van der Waals surface area contributed by atoms with Crippen molar-refractivity contribution in [2.75, 3.05) is 0 Å². The van der Waals surface area contributed by atoms with Crippen LogP contribution in [0.25, 0.3) is 10.6 Å². The number of rotatable bonds is 2. The molecule has 0 bridgehead atoms. The number of aliphatic hydroxyl groups excluding tert-OH is 1. The van der Waals surface area contributed by atoms with E-state index < -0.39 is 0 Å². The van der Waals surface area contributed by atoms with E-state index in [0.717, 1.165) is 10.6 Å². The monoisotopic (exact) mass is 192 g/mol. The number of aliphatic hydroxyl groups is 1. The van der Waals surface area contributed by atoms with Gasteiger partial charge in [0.2, 0.25) is 0 Å². The van der Waals surface area contributed by atoms with E-state index in [4.69, 9.17) is 5.11 Å². The molecule has 2 aromatic heterocycles. The molecule has 0 amide bonds. The van der Waals surface area contributed by atoms with Crippen LogP contribution in [0.4, 0.5) is 0 Å². The van der Waals surface area contributed by atoms with Crippen LogP contribution in [0.3, 0.4) is 0 Å². The molecule has 0 aliphatic rings. The highest BCUT2D eigenvalue weighted by Gasteiger charge is 2.01. The van der Waals surface area contributed by atoms with Crippen molar-refractivity contribution in [1.82, 2.24) is 9.97 Å². The minimum Gasteiger partial charge on any atom is -0.388 e. The van der Waals surface area contributed by atoms with Crippen LogP contribution in [0.2, 0.25) is 0 Å². The summed E-state index contributed by atoms with van der Waals surface area (Å²) in [5.74, 6) is 0.464. The summed E-state index contributed by atoms with van der Waals surface area (Å²) in [5.41, 5.74) is 0.869. The lowest BCUT2D eigenvalue weighted by atomic mass is 10.3. The van der Waals surface area contributed by atoms with Crippen LogP contribution in [0.1, 0.15) is 5.82 Å². The van der Waals surface area contributed by atoms with Crippen molar-refractivity contribution < 1.29 is 5.11 Å². The van der Waals surface area contributed by atoms with Crippen molar-refractivity contribution in [2.45, 2.75) is 6.61 Å². The van der Waals surface area contributed by atoms with Gasteiger partial charge >= 0.3 is 0 Å². The Morgan fingerprint density at radius 2 is 2.31 bits per heavy atom. The summed E-state index contributed by atoms with van der Waals surface area (Å²) in [6.45, 7) is -0.112. The fourth-order valence-corrected chi connectivity index (χ4v) is 1.73. The standard InChI is InChI=1S/C9H8N2OS/c12-6-9-10-4-3-7(11-9)8-2-1-5-13-8/h1-5,12H,6H2. The van der Waals surface area contributed by atoms with Crippen molar-refractivity contribution in [3.05, 3.63) is 35.6 Å². The molecule has 0 aromatic carbocycles. The Labute approximate surface area is 79.7 Å². The molecule has 0 spiro atoms. The van der Waals surface area contributed by atoms with Crippen LogP contribution in [0.5, 0.6) is 0 Å². The summed E-state index contributed by atoms with van der Waals surface area (Å²) >= 11 is 1.62. The van der Waals surface area contributed by atoms with Crippen molar-refractivity contribution in [3.8, 4) is 10.6 Å². The number of nitrogens with zero attached hydrogens (tertiary/aromatic N) is 2. The Morgan fingerprint density at radius 1 is 1.38 bits per heavy atom. The molecule has 3 nitrogen and oxygen atoms in total. The van der Waals surface area contributed by atoms with Gasteiger partial charge in [-0.05, 0) is 17.5 Å². The van der Waals surface area contributed by atoms with Crippen LogP contribution in [-0.4, -0.2) is 15.1 Å². The van der Waals surface area contributed by atoms with Gasteiger partial charge in [0.1, 0.15) is 6.61 Å². The van der Waals surface area contributed by atoms with Gasteiger partial charge in [-0.2, -0.15) is 0 Å². The van der Waals surface area contributed by atoms with Gasteiger partial charge in [0, 0.05) is 6.20 Å². The first-order valence-corrected chi connectivity index (χ1v) is 4.75. The van der Waals surface area contributed by atoms with Gasteiger partial charge in [-0.15, -0.1) is 11.3 Å². The van der Waals surface area contributed by atoms with Crippen molar-refractivity contribution in [2.24, 2.45) is 0 Å². The fourth-order valence-electron chi connectivity index (χ4n) is 1.04. The third-order valence-corrected chi connectivity index (χ3v) is 2.51. The van der Waals surface area contributed by atoms with E-state index in [1.165, 1.54) is 0 Å². The average Bonchev–Trinajstić information content (AvgIpc) is 2.71.